The van der Waals surface area contributed by atoms with Crippen molar-refractivity contribution in [2.24, 2.45) is 17.2 Å². The van der Waals surface area contributed by atoms with Crippen LogP contribution in [0.3, 0.4) is 0 Å². The van der Waals surface area contributed by atoms with Crippen LogP contribution in [0.5, 0.6) is 0 Å². The highest BCUT2D eigenvalue weighted by molar-refractivity contribution is 6.02. The molecule has 11 heavy (non-hydrogen) atoms. The lowest BCUT2D eigenvalue weighted by Crippen LogP contribution is -2.51. The predicted octanol–water partition coefficient (Wildman–Crippen LogP) is -3.13. The summed E-state index contributed by atoms with van der Waals surface area (Å²) in [4.78, 5) is 20.9. The lowest BCUT2D eigenvalue weighted by atomic mass is 10.2. The van der Waals surface area contributed by atoms with Gasteiger partial charge in [0.2, 0.25) is 11.8 Å². The molecule has 7 N–H and O–H groups in total. The second-order valence-electron chi connectivity index (χ2n) is 1.98. The Morgan fingerprint density at radius 3 is 2.00 bits per heavy atom. The monoisotopic (exact) mass is 160 g/mol. The minimum absolute atomic E-state index is 0.317. The van der Waals surface area contributed by atoms with E-state index in [1.165, 1.54) is 0 Å². The van der Waals surface area contributed by atoms with E-state index in [4.69, 9.17) is 17.2 Å². The number of nitrogens with two attached hydrogens (primary N) is 3. The zero-order chi connectivity index (χ0) is 8.85. The summed E-state index contributed by atoms with van der Waals surface area (Å²) in [5.41, 5.74) is 14.8. The van der Waals surface area contributed by atoms with Gasteiger partial charge >= 0.3 is 0 Å². The molecule has 0 aromatic heterocycles. The number of nitrogens with one attached hydrogen (secondary N) is 1. The quantitative estimate of drug-likeness (QED) is 0.317. The van der Waals surface area contributed by atoms with Gasteiger partial charge in [0.1, 0.15) is 0 Å². The third-order valence-electron chi connectivity index (χ3n) is 1.06. The number of hydrogen-bond acceptors (Lipinski definition) is 4. The molecule has 64 valence electrons. The summed E-state index contributed by atoms with van der Waals surface area (Å²) in [6, 6.07) is -1.11. The molecule has 0 bridgehead atoms. The van der Waals surface area contributed by atoms with Crippen LogP contribution in [-0.2, 0) is 9.59 Å². The summed E-state index contributed by atoms with van der Waals surface area (Å²) < 4.78 is 0. The topological polar surface area (TPSA) is 124 Å². The second-order valence-corrected chi connectivity index (χ2v) is 1.98. The van der Waals surface area contributed by atoms with E-state index < -0.39 is 17.9 Å². The first-order valence-corrected chi connectivity index (χ1v) is 3.11. The summed E-state index contributed by atoms with van der Waals surface area (Å²) >= 11 is 0. The Morgan fingerprint density at radius 2 is 1.73 bits per heavy atom. The molecule has 0 aromatic rings. The molecule has 6 nitrogen and oxygen atoms in total. The summed E-state index contributed by atoms with van der Waals surface area (Å²) in [7, 11) is 0. The molecule has 0 atom stereocenters. The maximum Gasteiger partial charge on any atom is 0.244 e. The molecule has 0 saturated carbocycles. The van der Waals surface area contributed by atoms with Crippen LogP contribution in [0, 0.1) is 0 Å². The van der Waals surface area contributed by atoms with Crippen LogP contribution in [0.1, 0.15) is 0 Å². The van der Waals surface area contributed by atoms with Crippen molar-refractivity contribution in [1.29, 1.82) is 0 Å². The molecule has 0 aliphatic heterocycles. The molecule has 0 fully saturated rings. The van der Waals surface area contributed by atoms with E-state index in [0.717, 1.165) is 0 Å². The molecule has 0 aromatic carbocycles. The normalized spacial score (nSPS) is 10.0. The van der Waals surface area contributed by atoms with Gasteiger partial charge in [0.15, 0.2) is 6.04 Å². The maximum absolute atomic E-state index is 10.5. The van der Waals surface area contributed by atoms with Crippen LogP contribution < -0.4 is 22.5 Å². The van der Waals surface area contributed by atoms with Crippen molar-refractivity contribution in [3.63, 3.8) is 0 Å². The molecular weight excluding hydrogens is 148 g/mol. The minimum atomic E-state index is -1.11. The second kappa shape index (κ2) is 4.64. The standard InChI is InChI=1S/C5H12N4O2/c6-1-2-9-3(4(7)10)5(8)11/h3,9H,1-2,6H2,(H2,7,10)(H2,8,11). The highest BCUT2D eigenvalue weighted by Crippen LogP contribution is 1.77. The molecule has 0 saturated heterocycles. The number of primary amides is 2. The minimum Gasteiger partial charge on any atom is -0.368 e. The lowest BCUT2D eigenvalue weighted by molar-refractivity contribution is -0.128. The number of rotatable bonds is 5. The Hall–Kier alpha value is -1.14. The molecule has 0 aliphatic carbocycles. The third kappa shape index (κ3) is 3.54. The Morgan fingerprint density at radius 1 is 1.27 bits per heavy atom. The van der Waals surface area contributed by atoms with Gasteiger partial charge in [0.25, 0.3) is 0 Å². The fourth-order valence-electron chi connectivity index (χ4n) is 0.569. The van der Waals surface area contributed by atoms with Gasteiger partial charge in [-0.2, -0.15) is 0 Å². The van der Waals surface area contributed by atoms with Gasteiger partial charge in [0.05, 0.1) is 0 Å². The summed E-state index contributed by atoms with van der Waals surface area (Å²) in [5, 5.41) is 2.49. The van der Waals surface area contributed by atoms with Crippen molar-refractivity contribution >= 4 is 11.8 Å². The van der Waals surface area contributed by atoms with Crippen LogP contribution in [-0.4, -0.2) is 30.9 Å². The Bertz CT molecular complexity index is 145. The van der Waals surface area contributed by atoms with E-state index >= 15 is 0 Å². The third-order valence-corrected chi connectivity index (χ3v) is 1.06. The molecular formula is C5H12N4O2. The van der Waals surface area contributed by atoms with Gasteiger partial charge in [-0.05, 0) is 0 Å². The van der Waals surface area contributed by atoms with Crippen LogP contribution in [0.15, 0.2) is 0 Å². The molecule has 6 heteroatoms. The number of hydrogen-bond donors (Lipinski definition) is 4. The van der Waals surface area contributed by atoms with E-state index in [9.17, 15) is 9.59 Å². The van der Waals surface area contributed by atoms with Gasteiger partial charge in [-0.15, -0.1) is 0 Å². The largest absolute Gasteiger partial charge is 0.368 e. The Balaban J connectivity index is 3.90. The molecule has 0 aliphatic rings. The first-order chi connectivity index (χ1) is 5.09. The van der Waals surface area contributed by atoms with Crippen molar-refractivity contribution in [3.05, 3.63) is 0 Å². The number of carbonyl (C=O) groups is 2. The van der Waals surface area contributed by atoms with Crippen molar-refractivity contribution in [2.75, 3.05) is 13.1 Å². The predicted molar refractivity (Wildman–Crippen MR) is 39.2 cm³/mol. The van der Waals surface area contributed by atoms with Crippen molar-refractivity contribution in [3.8, 4) is 0 Å². The van der Waals surface area contributed by atoms with Gasteiger partial charge < -0.3 is 17.2 Å². The van der Waals surface area contributed by atoms with Crippen LogP contribution in [0.2, 0.25) is 0 Å². The van der Waals surface area contributed by atoms with E-state index in [1.807, 2.05) is 0 Å². The summed E-state index contributed by atoms with van der Waals surface area (Å²) in [6.45, 7) is 0.646. The molecule has 0 unspecified atom stereocenters. The van der Waals surface area contributed by atoms with E-state index in [1.54, 1.807) is 0 Å². The fourth-order valence-corrected chi connectivity index (χ4v) is 0.569. The van der Waals surface area contributed by atoms with Gasteiger partial charge in [-0.3, -0.25) is 14.9 Å². The SMILES string of the molecule is NCCNC(C(N)=O)C(N)=O. The first-order valence-electron chi connectivity index (χ1n) is 3.11. The van der Waals surface area contributed by atoms with E-state index in [2.05, 4.69) is 5.32 Å². The molecule has 0 radical (unpaired) electrons. The molecule has 0 heterocycles. The average Bonchev–Trinajstić information content (AvgIpc) is 1.87. The van der Waals surface area contributed by atoms with Crippen molar-refractivity contribution < 1.29 is 9.59 Å². The van der Waals surface area contributed by atoms with Crippen LogP contribution in [0.4, 0.5) is 0 Å². The van der Waals surface area contributed by atoms with Crippen molar-refractivity contribution in [1.82, 2.24) is 5.32 Å². The van der Waals surface area contributed by atoms with E-state index in [-0.39, 0.29) is 0 Å². The zero-order valence-corrected chi connectivity index (χ0v) is 6.04. The first kappa shape index (κ1) is 9.86. The van der Waals surface area contributed by atoms with Gasteiger partial charge in [-0.1, -0.05) is 0 Å². The van der Waals surface area contributed by atoms with Crippen LogP contribution >= 0.6 is 0 Å². The summed E-state index contributed by atoms with van der Waals surface area (Å²) in [5.74, 6) is -1.57. The number of carbonyl (C=O) groups excluding carboxylic acids is 2. The fraction of sp³-hybridized carbons (Fsp3) is 0.600. The average molecular weight is 160 g/mol. The highest BCUT2D eigenvalue weighted by atomic mass is 16.2. The zero-order valence-electron chi connectivity index (χ0n) is 6.04. The maximum atomic E-state index is 10.5. The summed E-state index contributed by atoms with van der Waals surface area (Å²) in [6.07, 6.45) is 0. The Kier molecular flexibility index (Phi) is 4.16. The lowest BCUT2D eigenvalue weighted by Gasteiger charge is -2.09. The van der Waals surface area contributed by atoms with Crippen molar-refractivity contribution in [2.45, 2.75) is 6.04 Å². The van der Waals surface area contributed by atoms with Crippen LogP contribution in [0.25, 0.3) is 0 Å². The highest BCUT2D eigenvalue weighted by Gasteiger charge is 2.19. The van der Waals surface area contributed by atoms with E-state index in [0.29, 0.717) is 13.1 Å². The number of amides is 2. The smallest absolute Gasteiger partial charge is 0.244 e. The van der Waals surface area contributed by atoms with Gasteiger partial charge in [-0.25, -0.2) is 0 Å². The van der Waals surface area contributed by atoms with Gasteiger partial charge in [0, 0.05) is 13.1 Å². The molecule has 0 spiro atoms. The molecule has 0 rings (SSSR count). The Labute approximate surface area is 64.1 Å². The molecule has 2 amide bonds.